The minimum absolute atomic E-state index is 0.0819. The fraction of sp³-hybridized carbons (Fsp3) is 0.588. The molecule has 3 unspecified atom stereocenters. The van der Waals surface area contributed by atoms with Gasteiger partial charge in [0.05, 0.1) is 11.7 Å². The van der Waals surface area contributed by atoms with E-state index in [0.717, 1.165) is 31.4 Å². The van der Waals surface area contributed by atoms with E-state index in [1.54, 1.807) is 0 Å². The Kier molecular flexibility index (Phi) is 6.47. The van der Waals surface area contributed by atoms with Crippen LogP contribution >= 0.6 is 0 Å². The van der Waals surface area contributed by atoms with Crippen LogP contribution in [0, 0.1) is 17.6 Å². The molecule has 0 aliphatic heterocycles. The molecule has 2 rings (SSSR count). The topological polar surface area (TPSA) is 58.6 Å². The Bertz CT molecular complexity index is 518. The van der Waals surface area contributed by atoms with Crippen LogP contribution in [0.1, 0.15) is 44.3 Å². The van der Waals surface area contributed by atoms with Crippen LogP contribution in [0.5, 0.6) is 0 Å². The standard InChI is InChI=1S/C17H23F2NO3/c1-11-4-2-5-12(8-11)23-10-16(22)20-9-15(21)17-13(18)6-3-7-14(17)19/h3,6-7,11-12,15,21H,2,4-5,8-10H2,1H3,(H,20,22). The number of rotatable bonds is 6. The minimum atomic E-state index is -1.44. The van der Waals surface area contributed by atoms with Gasteiger partial charge in [-0.25, -0.2) is 8.78 Å². The first-order valence-electron chi connectivity index (χ1n) is 7.97. The van der Waals surface area contributed by atoms with Crippen molar-refractivity contribution in [3.63, 3.8) is 0 Å². The van der Waals surface area contributed by atoms with Crippen molar-refractivity contribution >= 4 is 5.91 Å². The number of hydrogen-bond donors (Lipinski definition) is 2. The quantitative estimate of drug-likeness (QED) is 0.844. The van der Waals surface area contributed by atoms with E-state index >= 15 is 0 Å². The summed E-state index contributed by atoms with van der Waals surface area (Å²) in [5.74, 6) is -1.47. The van der Waals surface area contributed by atoms with Crippen molar-refractivity contribution in [2.24, 2.45) is 5.92 Å². The number of carbonyl (C=O) groups excluding carboxylic acids is 1. The number of halogens is 2. The number of benzene rings is 1. The van der Waals surface area contributed by atoms with E-state index in [1.165, 1.54) is 12.5 Å². The van der Waals surface area contributed by atoms with Gasteiger partial charge in [0.2, 0.25) is 5.91 Å². The van der Waals surface area contributed by atoms with Crippen molar-refractivity contribution in [1.82, 2.24) is 5.32 Å². The summed E-state index contributed by atoms with van der Waals surface area (Å²) >= 11 is 0. The minimum Gasteiger partial charge on any atom is -0.386 e. The Morgan fingerprint density at radius 3 is 2.74 bits per heavy atom. The van der Waals surface area contributed by atoms with Gasteiger partial charge in [0.15, 0.2) is 0 Å². The van der Waals surface area contributed by atoms with Crippen LogP contribution in [-0.4, -0.2) is 30.3 Å². The number of amides is 1. The van der Waals surface area contributed by atoms with Crippen LogP contribution in [0.2, 0.25) is 0 Å². The zero-order valence-electron chi connectivity index (χ0n) is 13.2. The second-order valence-corrected chi connectivity index (χ2v) is 6.16. The van der Waals surface area contributed by atoms with Gasteiger partial charge in [-0.05, 0) is 30.9 Å². The molecule has 1 aliphatic carbocycles. The highest BCUT2D eigenvalue weighted by molar-refractivity contribution is 5.77. The second-order valence-electron chi connectivity index (χ2n) is 6.16. The molecule has 6 heteroatoms. The summed E-state index contributed by atoms with van der Waals surface area (Å²) in [5, 5.41) is 12.3. The van der Waals surface area contributed by atoms with E-state index in [4.69, 9.17) is 4.74 Å². The second kappa shape index (κ2) is 8.36. The van der Waals surface area contributed by atoms with Gasteiger partial charge >= 0.3 is 0 Å². The molecule has 1 fully saturated rings. The maximum absolute atomic E-state index is 13.5. The lowest BCUT2D eigenvalue weighted by Crippen LogP contribution is -2.34. The first-order chi connectivity index (χ1) is 11.0. The van der Waals surface area contributed by atoms with Crippen molar-refractivity contribution in [3.8, 4) is 0 Å². The Hall–Kier alpha value is -1.53. The summed E-state index contributed by atoms with van der Waals surface area (Å²) in [6.07, 6.45) is 2.82. The van der Waals surface area contributed by atoms with Gasteiger partial charge in [0.25, 0.3) is 0 Å². The molecule has 0 heterocycles. The van der Waals surface area contributed by atoms with E-state index in [2.05, 4.69) is 12.2 Å². The van der Waals surface area contributed by atoms with Crippen molar-refractivity contribution in [3.05, 3.63) is 35.4 Å². The summed E-state index contributed by atoms with van der Waals surface area (Å²) in [4.78, 5) is 11.7. The molecule has 0 saturated heterocycles. The SMILES string of the molecule is CC1CCCC(OCC(=O)NCC(O)c2c(F)cccc2F)C1. The first-order valence-corrected chi connectivity index (χ1v) is 7.97. The van der Waals surface area contributed by atoms with E-state index in [9.17, 15) is 18.7 Å². The Balaban J connectivity index is 1.75. The number of ether oxygens (including phenoxy) is 1. The third kappa shape index (κ3) is 5.25. The number of hydrogen-bond acceptors (Lipinski definition) is 3. The summed E-state index contributed by atoms with van der Waals surface area (Å²) in [6.45, 7) is 1.79. The third-order valence-corrected chi connectivity index (χ3v) is 4.16. The molecule has 3 atom stereocenters. The maximum Gasteiger partial charge on any atom is 0.246 e. The van der Waals surface area contributed by atoms with Crippen LogP contribution in [0.3, 0.4) is 0 Å². The molecule has 1 aromatic carbocycles. The van der Waals surface area contributed by atoms with Gasteiger partial charge in [-0.2, -0.15) is 0 Å². The normalized spacial score (nSPS) is 22.6. The third-order valence-electron chi connectivity index (χ3n) is 4.16. The highest BCUT2D eigenvalue weighted by atomic mass is 19.1. The average Bonchev–Trinajstić information content (AvgIpc) is 2.51. The molecule has 1 amide bonds. The smallest absolute Gasteiger partial charge is 0.246 e. The molecule has 0 radical (unpaired) electrons. The van der Waals surface area contributed by atoms with Crippen LogP contribution < -0.4 is 5.32 Å². The summed E-state index contributed by atoms with van der Waals surface area (Å²) in [7, 11) is 0. The zero-order chi connectivity index (χ0) is 16.8. The van der Waals surface area contributed by atoms with Crippen molar-refractivity contribution in [2.75, 3.05) is 13.2 Å². The molecule has 128 valence electrons. The number of carbonyl (C=O) groups is 1. The van der Waals surface area contributed by atoms with Crippen molar-refractivity contribution in [1.29, 1.82) is 0 Å². The molecule has 23 heavy (non-hydrogen) atoms. The lowest BCUT2D eigenvalue weighted by atomic mass is 9.89. The molecule has 1 aliphatic rings. The van der Waals surface area contributed by atoms with Gasteiger partial charge in [-0.15, -0.1) is 0 Å². The van der Waals surface area contributed by atoms with E-state index in [1.807, 2.05) is 0 Å². The van der Waals surface area contributed by atoms with Gasteiger partial charge in [-0.1, -0.05) is 25.8 Å². The van der Waals surface area contributed by atoms with Crippen molar-refractivity contribution in [2.45, 2.75) is 44.8 Å². The van der Waals surface area contributed by atoms with Crippen LogP contribution in [0.25, 0.3) is 0 Å². The fourth-order valence-electron chi connectivity index (χ4n) is 2.92. The van der Waals surface area contributed by atoms with Crippen LogP contribution in [-0.2, 0) is 9.53 Å². The maximum atomic E-state index is 13.5. The molecular weight excluding hydrogens is 304 g/mol. The van der Waals surface area contributed by atoms with E-state index in [0.29, 0.717) is 5.92 Å². The average molecular weight is 327 g/mol. The van der Waals surface area contributed by atoms with Gasteiger partial charge in [0.1, 0.15) is 24.3 Å². The lowest BCUT2D eigenvalue weighted by molar-refractivity contribution is -0.129. The summed E-state index contributed by atoms with van der Waals surface area (Å²) in [6, 6.07) is 3.35. The highest BCUT2D eigenvalue weighted by Gasteiger charge is 2.21. The largest absolute Gasteiger partial charge is 0.386 e. The molecule has 0 spiro atoms. The van der Waals surface area contributed by atoms with Crippen LogP contribution in [0.15, 0.2) is 18.2 Å². The number of aliphatic hydroxyl groups is 1. The molecule has 0 bridgehead atoms. The molecule has 0 aromatic heterocycles. The Morgan fingerprint density at radius 2 is 2.09 bits per heavy atom. The molecular formula is C17H23F2NO3. The lowest BCUT2D eigenvalue weighted by Gasteiger charge is -2.26. The fourth-order valence-corrected chi connectivity index (χ4v) is 2.92. The molecule has 2 N–H and O–H groups in total. The predicted octanol–water partition coefficient (Wildman–Crippen LogP) is 2.71. The number of nitrogens with one attached hydrogen (secondary N) is 1. The van der Waals surface area contributed by atoms with E-state index in [-0.39, 0.29) is 19.3 Å². The Labute approximate surface area is 134 Å². The molecule has 1 saturated carbocycles. The molecule has 1 aromatic rings. The highest BCUT2D eigenvalue weighted by Crippen LogP contribution is 2.25. The Morgan fingerprint density at radius 1 is 1.39 bits per heavy atom. The first kappa shape index (κ1) is 17.8. The van der Waals surface area contributed by atoms with Gasteiger partial charge in [-0.3, -0.25) is 4.79 Å². The monoisotopic (exact) mass is 327 g/mol. The van der Waals surface area contributed by atoms with Crippen LogP contribution in [0.4, 0.5) is 8.78 Å². The van der Waals surface area contributed by atoms with E-state index < -0.39 is 29.2 Å². The van der Waals surface area contributed by atoms with Gasteiger partial charge < -0.3 is 15.2 Å². The van der Waals surface area contributed by atoms with Crippen molar-refractivity contribution < 1.29 is 23.4 Å². The summed E-state index contributed by atoms with van der Waals surface area (Å²) in [5.41, 5.74) is -0.435. The summed E-state index contributed by atoms with van der Waals surface area (Å²) < 4.78 is 32.6. The number of aliphatic hydroxyl groups excluding tert-OH is 1. The zero-order valence-corrected chi connectivity index (χ0v) is 13.2. The molecule has 4 nitrogen and oxygen atoms in total. The van der Waals surface area contributed by atoms with Gasteiger partial charge in [0, 0.05) is 6.54 Å². The predicted molar refractivity (Wildman–Crippen MR) is 81.7 cm³/mol.